The fourth-order valence-corrected chi connectivity index (χ4v) is 3.77. The van der Waals surface area contributed by atoms with Crippen LogP contribution in [0, 0.1) is 0 Å². The number of morpholine rings is 1. The van der Waals surface area contributed by atoms with Crippen molar-refractivity contribution in [3.05, 3.63) is 49.2 Å². The number of fused-ring (bicyclic) bond motifs is 1. The molecule has 1 fully saturated rings. The van der Waals surface area contributed by atoms with E-state index in [0.717, 1.165) is 53.5 Å². The van der Waals surface area contributed by atoms with Crippen molar-refractivity contribution >= 4 is 16.9 Å². The molecule has 0 aromatic carbocycles. The number of hydrogen-bond acceptors (Lipinski definition) is 6. The number of rotatable bonds is 4. The van der Waals surface area contributed by atoms with Crippen molar-refractivity contribution in [2.24, 2.45) is 0 Å². The van der Waals surface area contributed by atoms with Crippen LogP contribution in [0.2, 0.25) is 0 Å². The summed E-state index contributed by atoms with van der Waals surface area (Å²) in [5, 5.41) is 8.23. The minimum atomic E-state index is 0.311. The highest BCUT2D eigenvalue weighted by Gasteiger charge is 2.25. The molecule has 1 aliphatic rings. The molecule has 0 unspecified atom stereocenters. The Hall–Kier alpha value is -3.26. The highest BCUT2D eigenvalue weighted by atomic mass is 16.5. The van der Waals surface area contributed by atoms with Gasteiger partial charge >= 0.3 is 0 Å². The van der Waals surface area contributed by atoms with E-state index in [9.17, 15) is 0 Å². The minimum absolute atomic E-state index is 0.311. The Morgan fingerprint density at radius 3 is 3.00 bits per heavy atom. The summed E-state index contributed by atoms with van der Waals surface area (Å²) in [6.45, 7) is 4.44. The molecule has 4 aromatic heterocycles. The summed E-state index contributed by atoms with van der Waals surface area (Å²) in [5.41, 5.74) is 2.78. The molecule has 8 nitrogen and oxygen atoms in total. The Morgan fingerprint density at radius 1 is 1.25 bits per heavy atom. The molecular weight excluding hydrogens is 354 g/mol. The van der Waals surface area contributed by atoms with Crippen LogP contribution < -0.4 is 4.90 Å². The number of H-pyrrole nitrogens is 1. The minimum Gasteiger partial charge on any atom is -0.377 e. The Balaban J connectivity index is 1.73. The number of aromatic amines is 1. The van der Waals surface area contributed by atoms with Gasteiger partial charge in [-0.15, -0.1) is 0 Å². The Bertz CT molecular complexity index is 1070. The average molecular weight is 375 g/mol. The fraction of sp³-hybridized carbons (Fsp3) is 0.300. The number of anilines is 1. The van der Waals surface area contributed by atoms with E-state index < -0.39 is 0 Å². The normalized spacial score (nSPS) is 17.3. The van der Waals surface area contributed by atoms with Crippen LogP contribution in [0.15, 0.2) is 49.2 Å². The SMILES string of the molecule is CC[C@@H]1COCCN1c1cc(-c2ccncn2)c2ccn(-c3cc[nH]n3)c2n1. The molecule has 5 heterocycles. The maximum atomic E-state index is 5.69. The second kappa shape index (κ2) is 7.05. The monoisotopic (exact) mass is 375 g/mol. The summed E-state index contributed by atoms with van der Waals surface area (Å²) in [5.74, 6) is 1.74. The van der Waals surface area contributed by atoms with Crippen LogP contribution >= 0.6 is 0 Å². The van der Waals surface area contributed by atoms with Gasteiger partial charge in [-0.1, -0.05) is 6.92 Å². The van der Waals surface area contributed by atoms with E-state index in [1.165, 1.54) is 0 Å². The number of nitrogens with zero attached hydrogens (tertiary/aromatic N) is 6. The first-order valence-electron chi connectivity index (χ1n) is 9.48. The zero-order valence-electron chi connectivity index (χ0n) is 15.6. The van der Waals surface area contributed by atoms with Gasteiger partial charge in [-0.05, 0) is 24.6 Å². The molecule has 5 rings (SSSR count). The summed E-state index contributed by atoms with van der Waals surface area (Å²) in [4.78, 5) is 15.9. The predicted octanol–water partition coefficient (Wildman–Crippen LogP) is 2.82. The number of nitrogens with one attached hydrogen (secondary N) is 1. The Morgan fingerprint density at radius 2 is 2.21 bits per heavy atom. The summed E-state index contributed by atoms with van der Waals surface area (Å²) >= 11 is 0. The first kappa shape index (κ1) is 16.9. The lowest BCUT2D eigenvalue weighted by Gasteiger charge is -2.36. The van der Waals surface area contributed by atoms with E-state index in [4.69, 9.17) is 9.72 Å². The summed E-state index contributed by atoms with van der Waals surface area (Å²) < 4.78 is 7.69. The van der Waals surface area contributed by atoms with E-state index in [1.54, 1.807) is 12.5 Å². The lowest BCUT2D eigenvalue weighted by Crippen LogP contribution is -2.45. The van der Waals surface area contributed by atoms with Crippen molar-refractivity contribution in [2.75, 3.05) is 24.7 Å². The van der Waals surface area contributed by atoms with Gasteiger partial charge in [0, 0.05) is 42.2 Å². The lowest BCUT2D eigenvalue weighted by molar-refractivity contribution is 0.0926. The first-order chi connectivity index (χ1) is 13.8. The third-order valence-electron chi connectivity index (χ3n) is 5.23. The van der Waals surface area contributed by atoms with Crippen LogP contribution in [0.1, 0.15) is 13.3 Å². The van der Waals surface area contributed by atoms with Crippen molar-refractivity contribution < 1.29 is 4.74 Å². The average Bonchev–Trinajstić information content (AvgIpc) is 3.43. The van der Waals surface area contributed by atoms with Gasteiger partial charge in [0.1, 0.15) is 17.8 Å². The van der Waals surface area contributed by atoms with Gasteiger partial charge in [-0.2, -0.15) is 5.10 Å². The summed E-state index contributed by atoms with van der Waals surface area (Å²) in [6, 6.07) is 8.37. The highest BCUT2D eigenvalue weighted by Crippen LogP contribution is 2.33. The van der Waals surface area contributed by atoms with E-state index >= 15 is 0 Å². The van der Waals surface area contributed by atoms with Crippen molar-refractivity contribution in [1.29, 1.82) is 0 Å². The van der Waals surface area contributed by atoms with Gasteiger partial charge in [0.15, 0.2) is 5.82 Å². The predicted molar refractivity (Wildman–Crippen MR) is 106 cm³/mol. The molecule has 1 atom stereocenters. The fourth-order valence-electron chi connectivity index (χ4n) is 3.77. The summed E-state index contributed by atoms with van der Waals surface area (Å²) in [6.07, 6.45) is 8.16. The first-order valence-corrected chi connectivity index (χ1v) is 9.48. The van der Waals surface area contributed by atoms with Crippen LogP contribution in [-0.2, 0) is 4.74 Å². The Labute approximate surface area is 162 Å². The van der Waals surface area contributed by atoms with Crippen LogP contribution in [0.3, 0.4) is 0 Å². The van der Waals surface area contributed by atoms with Crippen LogP contribution in [0.4, 0.5) is 5.82 Å². The number of aromatic nitrogens is 6. The van der Waals surface area contributed by atoms with Gasteiger partial charge < -0.3 is 9.64 Å². The van der Waals surface area contributed by atoms with Crippen LogP contribution in [0.25, 0.3) is 28.1 Å². The third kappa shape index (κ3) is 2.82. The molecule has 1 N–H and O–H groups in total. The zero-order valence-corrected chi connectivity index (χ0v) is 15.6. The molecular formula is C20H21N7O. The van der Waals surface area contributed by atoms with Gasteiger partial charge in [0.05, 0.1) is 24.9 Å². The van der Waals surface area contributed by atoms with Gasteiger partial charge in [-0.25, -0.2) is 15.0 Å². The molecule has 0 spiro atoms. The molecule has 1 aliphatic heterocycles. The standard InChI is InChI=1S/C20H21N7O/c1-2-14-12-28-10-9-26(14)19-11-16(17-3-6-21-13-22-17)15-5-8-27(20(15)24-19)18-4-7-23-25-18/h3-8,11,13-14H,2,9-10,12H2,1H3,(H,23,25)/t14-/m1/s1. The molecule has 0 amide bonds. The summed E-state index contributed by atoms with van der Waals surface area (Å²) in [7, 11) is 0. The topological polar surface area (TPSA) is 84.8 Å². The second-order valence-electron chi connectivity index (χ2n) is 6.81. The van der Waals surface area contributed by atoms with Crippen molar-refractivity contribution in [2.45, 2.75) is 19.4 Å². The van der Waals surface area contributed by atoms with E-state index in [1.807, 2.05) is 29.1 Å². The van der Waals surface area contributed by atoms with Crippen molar-refractivity contribution in [1.82, 2.24) is 29.7 Å². The van der Waals surface area contributed by atoms with Crippen LogP contribution in [0.5, 0.6) is 0 Å². The molecule has 0 radical (unpaired) electrons. The zero-order chi connectivity index (χ0) is 18.9. The van der Waals surface area contributed by atoms with Crippen molar-refractivity contribution in [3.8, 4) is 17.1 Å². The quantitative estimate of drug-likeness (QED) is 0.590. The van der Waals surface area contributed by atoms with E-state index in [2.05, 4.69) is 44.1 Å². The smallest absolute Gasteiger partial charge is 0.160 e. The highest BCUT2D eigenvalue weighted by molar-refractivity contribution is 5.94. The number of pyridine rings is 1. The molecule has 0 bridgehead atoms. The molecule has 1 saturated heterocycles. The molecule has 0 saturated carbocycles. The Kier molecular flexibility index (Phi) is 4.25. The molecule has 28 heavy (non-hydrogen) atoms. The maximum Gasteiger partial charge on any atom is 0.160 e. The largest absolute Gasteiger partial charge is 0.377 e. The van der Waals surface area contributed by atoms with E-state index in [-0.39, 0.29) is 0 Å². The molecule has 4 aromatic rings. The van der Waals surface area contributed by atoms with E-state index in [0.29, 0.717) is 12.6 Å². The molecule has 142 valence electrons. The number of ether oxygens (including phenoxy) is 1. The van der Waals surface area contributed by atoms with Gasteiger partial charge in [-0.3, -0.25) is 9.67 Å². The third-order valence-corrected chi connectivity index (χ3v) is 5.23. The van der Waals surface area contributed by atoms with Gasteiger partial charge in [0.25, 0.3) is 0 Å². The lowest BCUT2D eigenvalue weighted by atomic mass is 10.1. The number of hydrogen-bond donors (Lipinski definition) is 1. The second-order valence-corrected chi connectivity index (χ2v) is 6.81. The molecule has 0 aliphatic carbocycles. The maximum absolute atomic E-state index is 5.69. The van der Waals surface area contributed by atoms with Crippen molar-refractivity contribution in [3.63, 3.8) is 0 Å². The van der Waals surface area contributed by atoms with Crippen LogP contribution in [-0.4, -0.2) is 55.5 Å². The van der Waals surface area contributed by atoms with Gasteiger partial charge in [0.2, 0.25) is 0 Å². The molecule has 8 heteroatoms.